The lowest BCUT2D eigenvalue weighted by molar-refractivity contribution is -0.121. The Morgan fingerprint density at radius 2 is 1.71 bits per heavy atom. The van der Waals surface area contributed by atoms with Crippen molar-refractivity contribution in [1.82, 2.24) is 9.88 Å². The smallest absolute Gasteiger partial charge is 0.255 e. The standard InChI is InChI=1S/C13H17FN2O5/c14-13-6(2-1-3-15-13)21-5-4-16-7-8(16)10(18)12(20)11(19)9(7)17/h1-3,7-12,17-20H,4-5H2/t7-,8+,9-,10-,11+,12+,16?/m0/s1. The van der Waals surface area contributed by atoms with Gasteiger partial charge >= 0.3 is 0 Å². The molecule has 21 heavy (non-hydrogen) atoms. The molecule has 0 spiro atoms. The summed E-state index contributed by atoms with van der Waals surface area (Å²) in [5.41, 5.74) is 0. The van der Waals surface area contributed by atoms with E-state index >= 15 is 0 Å². The number of fused-ring (bicyclic) bond motifs is 1. The third-order valence-corrected chi connectivity index (χ3v) is 4.11. The minimum absolute atomic E-state index is 0.0310. The molecule has 8 heteroatoms. The van der Waals surface area contributed by atoms with Gasteiger partial charge in [-0.15, -0.1) is 0 Å². The van der Waals surface area contributed by atoms with Crippen LogP contribution < -0.4 is 4.74 Å². The topological polar surface area (TPSA) is 106 Å². The van der Waals surface area contributed by atoms with E-state index in [1.165, 1.54) is 12.3 Å². The fraction of sp³-hybridized carbons (Fsp3) is 0.615. The molecule has 2 heterocycles. The Hall–Kier alpha value is -1.32. The summed E-state index contributed by atoms with van der Waals surface area (Å²) in [6.07, 6.45) is -3.67. The van der Waals surface area contributed by atoms with Crippen molar-refractivity contribution in [1.29, 1.82) is 0 Å². The van der Waals surface area contributed by atoms with Crippen molar-refractivity contribution in [2.75, 3.05) is 13.2 Å². The second-order valence-corrected chi connectivity index (χ2v) is 5.32. The highest BCUT2D eigenvalue weighted by atomic mass is 19.1. The summed E-state index contributed by atoms with van der Waals surface area (Å²) in [5.74, 6) is -0.671. The number of aliphatic hydroxyl groups excluding tert-OH is 4. The predicted molar refractivity (Wildman–Crippen MR) is 68.0 cm³/mol. The lowest BCUT2D eigenvalue weighted by Gasteiger charge is -2.30. The van der Waals surface area contributed by atoms with E-state index in [4.69, 9.17) is 4.74 Å². The maximum atomic E-state index is 13.3. The van der Waals surface area contributed by atoms with Gasteiger partial charge in [0.1, 0.15) is 18.8 Å². The van der Waals surface area contributed by atoms with Crippen molar-refractivity contribution in [3.05, 3.63) is 24.3 Å². The molecule has 1 unspecified atom stereocenters. The SMILES string of the molecule is O[C@H]1[C@H](O)[C@@H](O)[C@H]2[C@@H]([C@@H]1O)N2CCOc1cccnc1F. The third kappa shape index (κ3) is 2.49. The molecule has 0 aromatic carbocycles. The van der Waals surface area contributed by atoms with Crippen LogP contribution in [0.25, 0.3) is 0 Å². The van der Waals surface area contributed by atoms with Crippen molar-refractivity contribution in [3.8, 4) is 5.75 Å². The summed E-state index contributed by atoms with van der Waals surface area (Å²) in [7, 11) is 0. The quantitative estimate of drug-likeness (QED) is 0.380. The van der Waals surface area contributed by atoms with Gasteiger partial charge in [-0.05, 0) is 12.1 Å². The van der Waals surface area contributed by atoms with Crippen molar-refractivity contribution < 1.29 is 29.6 Å². The van der Waals surface area contributed by atoms with Crippen LogP contribution in [0.5, 0.6) is 5.75 Å². The van der Waals surface area contributed by atoms with Gasteiger partial charge in [-0.3, -0.25) is 4.90 Å². The number of ether oxygens (including phenoxy) is 1. The number of rotatable bonds is 4. The van der Waals surface area contributed by atoms with E-state index in [1.807, 2.05) is 0 Å². The molecule has 1 saturated heterocycles. The average Bonchev–Trinajstić information content (AvgIpc) is 3.19. The van der Waals surface area contributed by atoms with Crippen LogP contribution in [0, 0.1) is 5.95 Å². The summed E-state index contributed by atoms with van der Waals surface area (Å²) >= 11 is 0. The Labute approximate surface area is 120 Å². The second kappa shape index (κ2) is 5.47. The predicted octanol–water partition coefficient (Wildman–Crippen LogP) is -1.89. The molecule has 7 nitrogen and oxygen atoms in total. The zero-order valence-corrected chi connectivity index (χ0v) is 11.1. The molecule has 1 saturated carbocycles. The van der Waals surface area contributed by atoms with Gasteiger partial charge in [0.05, 0.1) is 24.3 Å². The molecule has 4 N–H and O–H groups in total. The molecule has 0 bridgehead atoms. The van der Waals surface area contributed by atoms with Gasteiger partial charge in [0, 0.05) is 12.7 Å². The number of nitrogens with zero attached hydrogens (tertiary/aromatic N) is 2. The number of aliphatic hydroxyl groups is 4. The van der Waals surface area contributed by atoms with Crippen LogP contribution in [0.15, 0.2) is 18.3 Å². The highest BCUT2D eigenvalue weighted by Crippen LogP contribution is 2.40. The Morgan fingerprint density at radius 3 is 2.29 bits per heavy atom. The Kier molecular flexibility index (Phi) is 3.80. The van der Waals surface area contributed by atoms with Crippen LogP contribution in [-0.2, 0) is 0 Å². The first-order chi connectivity index (χ1) is 10.0. The van der Waals surface area contributed by atoms with Crippen molar-refractivity contribution in [2.45, 2.75) is 36.5 Å². The van der Waals surface area contributed by atoms with Gasteiger partial charge in [-0.25, -0.2) is 4.98 Å². The highest BCUT2D eigenvalue weighted by molar-refractivity contribution is 5.19. The van der Waals surface area contributed by atoms with Gasteiger partial charge in [0.2, 0.25) is 0 Å². The fourth-order valence-electron chi connectivity index (χ4n) is 2.96. The van der Waals surface area contributed by atoms with Crippen LogP contribution in [-0.4, -0.2) is 80.0 Å². The molecule has 116 valence electrons. The first-order valence-electron chi connectivity index (χ1n) is 6.73. The molecule has 1 aromatic rings. The van der Waals surface area contributed by atoms with Crippen molar-refractivity contribution in [3.63, 3.8) is 0 Å². The second-order valence-electron chi connectivity index (χ2n) is 5.32. The van der Waals surface area contributed by atoms with Gasteiger partial charge in [-0.1, -0.05) is 0 Å². The maximum Gasteiger partial charge on any atom is 0.255 e. The molecular weight excluding hydrogens is 283 g/mol. The average molecular weight is 300 g/mol. The summed E-state index contributed by atoms with van der Waals surface area (Å²) in [5, 5.41) is 38.9. The third-order valence-electron chi connectivity index (χ3n) is 4.11. The number of likely N-dealkylation sites (tertiary alicyclic amines) is 1. The van der Waals surface area contributed by atoms with Crippen LogP contribution in [0.3, 0.4) is 0 Å². The number of hydrogen-bond donors (Lipinski definition) is 4. The molecule has 7 atom stereocenters. The molecule has 0 radical (unpaired) electrons. The summed E-state index contributed by atoms with van der Waals surface area (Å²) in [6, 6.07) is 2.17. The highest BCUT2D eigenvalue weighted by Gasteiger charge is 2.63. The first-order valence-corrected chi connectivity index (χ1v) is 6.73. The Morgan fingerprint density at radius 1 is 1.10 bits per heavy atom. The van der Waals surface area contributed by atoms with Crippen LogP contribution in [0.4, 0.5) is 4.39 Å². The minimum Gasteiger partial charge on any atom is -0.487 e. The monoisotopic (exact) mass is 300 g/mol. The molecule has 1 aromatic heterocycles. The van der Waals surface area contributed by atoms with E-state index in [1.54, 1.807) is 11.0 Å². The fourth-order valence-corrected chi connectivity index (χ4v) is 2.96. The van der Waals surface area contributed by atoms with Gasteiger partial charge < -0.3 is 25.2 Å². The normalized spacial score (nSPS) is 41.5. The van der Waals surface area contributed by atoms with Crippen LogP contribution in [0.2, 0.25) is 0 Å². The molecular formula is C13H17FN2O5. The molecule has 0 amide bonds. The molecule has 3 rings (SSSR count). The van der Waals surface area contributed by atoms with E-state index < -0.39 is 42.4 Å². The van der Waals surface area contributed by atoms with E-state index in [9.17, 15) is 24.8 Å². The maximum absolute atomic E-state index is 13.3. The van der Waals surface area contributed by atoms with Crippen LogP contribution in [0.1, 0.15) is 0 Å². The number of halogens is 1. The summed E-state index contributed by atoms with van der Waals surface area (Å²) < 4.78 is 18.5. The first kappa shape index (κ1) is 14.6. The zero-order valence-electron chi connectivity index (χ0n) is 11.1. The molecule has 2 aliphatic rings. The van der Waals surface area contributed by atoms with Crippen LogP contribution >= 0.6 is 0 Å². The largest absolute Gasteiger partial charge is 0.487 e. The van der Waals surface area contributed by atoms with E-state index in [-0.39, 0.29) is 12.4 Å². The van der Waals surface area contributed by atoms with Gasteiger partial charge in [-0.2, -0.15) is 4.39 Å². The number of hydrogen-bond acceptors (Lipinski definition) is 7. The van der Waals surface area contributed by atoms with E-state index in [0.29, 0.717) is 6.54 Å². The number of pyridine rings is 1. The van der Waals surface area contributed by atoms with Crippen molar-refractivity contribution >= 4 is 0 Å². The Bertz CT molecular complexity index is 499. The van der Waals surface area contributed by atoms with E-state index in [2.05, 4.69) is 4.98 Å². The summed E-state index contributed by atoms with van der Waals surface area (Å²) in [4.78, 5) is 5.17. The Balaban J connectivity index is 1.55. The molecule has 2 fully saturated rings. The zero-order chi connectivity index (χ0) is 15.1. The minimum atomic E-state index is -1.37. The lowest BCUT2D eigenvalue weighted by Crippen LogP contribution is -2.53. The van der Waals surface area contributed by atoms with E-state index in [0.717, 1.165) is 0 Å². The molecule has 1 aliphatic carbocycles. The lowest BCUT2D eigenvalue weighted by atomic mass is 9.90. The summed E-state index contributed by atoms with van der Waals surface area (Å²) in [6.45, 7) is 0.471. The van der Waals surface area contributed by atoms with Gasteiger partial charge in [0.15, 0.2) is 5.75 Å². The van der Waals surface area contributed by atoms with Gasteiger partial charge in [0.25, 0.3) is 5.95 Å². The molecule has 1 aliphatic heterocycles. The van der Waals surface area contributed by atoms with Crippen molar-refractivity contribution in [2.24, 2.45) is 0 Å². The number of aromatic nitrogens is 1.